The minimum atomic E-state index is -0.563. The number of rotatable bonds is 2. The predicted molar refractivity (Wildman–Crippen MR) is 82.9 cm³/mol. The van der Waals surface area contributed by atoms with Crippen molar-refractivity contribution < 1.29 is 9.59 Å². The minimum Gasteiger partial charge on any atom is -0.342 e. The summed E-state index contributed by atoms with van der Waals surface area (Å²) in [6.07, 6.45) is 0. The molecule has 0 radical (unpaired) electrons. The number of anilines is 1. The lowest BCUT2D eigenvalue weighted by Gasteiger charge is -2.39. The van der Waals surface area contributed by atoms with Crippen molar-refractivity contribution in [3.63, 3.8) is 0 Å². The van der Waals surface area contributed by atoms with Crippen LogP contribution in [0.25, 0.3) is 0 Å². The number of halogens is 2. The van der Waals surface area contributed by atoms with Gasteiger partial charge in [-0.2, -0.15) is 0 Å². The minimum absolute atomic E-state index is 0.0272. The molecular weight excluding hydrogens is 344 g/mol. The fourth-order valence-electron chi connectivity index (χ4n) is 2.24. The van der Waals surface area contributed by atoms with E-state index in [9.17, 15) is 9.59 Å². The maximum Gasteiger partial charge on any atom is 0.250 e. The van der Waals surface area contributed by atoms with Gasteiger partial charge in [-0.15, -0.1) is 0 Å². The number of nitrogens with zero attached hydrogens (tertiary/aromatic N) is 1. The molecule has 2 rings (SSSR count). The molecule has 0 bridgehead atoms. The average molecular weight is 360 g/mol. The third kappa shape index (κ3) is 2.69. The second-order valence-electron chi connectivity index (χ2n) is 5.21. The van der Waals surface area contributed by atoms with Gasteiger partial charge in [-0.25, -0.2) is 0 Å². The van der Waals surface area contributed by atoms with Crippen molar-refractivity contribution in [2.75, 3.05) is 4.90 Å². The van der Waals surface area contributed by atoms with E-state index >= 15 is 0 Å². The Labute approximate surface area is 131 Å². The number of hydrogen-bond donors (Lipinski definition) is 1. The SMILES string of the molecule is CC(C)C1NC(=O)C(C)N(c2cc(Cl)ccc2Br)C1=O. The van der Waals surface area contributed by atoms with Crippen LogP contribution in [0.3, 0.4) is 0 Å². The van der Waals surface area contributed by atoms with E-state index in [4.69, 9.17) is 11.6 Å². The molecule has 1 aliphatic rings. The Balaban J connectivity index is 2.48. The molecule has 1 aromatic rings. The van der Waals surface area contributed by atoms with E-state index in [1.807, 2.05) is 13.8 Å². The summed E-state index contributed by atoms with van der Waals surface area (Å²) in [4.78, 5) is 26.2. The van der Waals surface area contributed by atoms with Crippen LogP contribution in [-0.2, 0) is 9.59 Å². The van der Waals surface area contributed by atoms with Crippen molar-refractivity contribution in [1.82, 2.24) is 5.32 Å². The molecule has 0 aromatic heterocycles. The molecule has 0 saturated carbocycles. The third-order valence-electron chi connectivity index (χ3n) is 3.40. The maximum absolute atomic E-state index is 12.6. The summed E-state index contributed by atoms with van der Waals surface area (Å²) >= 11 is 9.42. The Hall–Kier alpha value is -1.07. The molecule has 1 aliphatic heterocycles. The predicted octanol–water partition coefficient (Wildman–Crippen LogP) is 2.98. The molecule has 2 amide bonds. The summed E-state index contributed by atoms with van der Waals surface area (Å²) in [5.41, 5.74) is 0.621. The van der Waals surface area contributed by atoms with Gasteiger partial charge in [-0.05, 0) is 47.0 Å². The van der Waals surface area contributed by atoms with Crippen molar-refractivity contribution in [3.05, 3.63) is 27.7 Å². The van der Waals surface area contributed by atoms with Gasteiger partial charge < -0.3 is 5.32 Å². The molecule has 1 saturated heterocycles. The Kier molecular flexibility index (Phi) is 4.39. The highest BCUT2D eigenvalue weighted by atomic mass is 79.9. The second kappa shape index (κ2) is 5.74. The van der Waals surface area contributed by atoms with Gasteiger partial charge in [-0.1, -0.05) is 25.4 Å². The standard InChI is InChI=1S/C14H16BrClN2O2/c1-7(2)12-14(20)18(8(3)13(19)17-12)11-6-9(16)4-5-10(11)15/h4-8,12H,1-3H3,(H,17,19). The van der Waals surface area contributed by atoms with Crippen molar-refractivity contribution in [1.29, 1.82) is 0 Å². The first-order valence-electron chi connectivity index (χ1n) is 6.41. The lowest BCUT2D eigenvalue weighted by atomic mass is 9.98. The Morgan fingerprint density at radius 1 is 1.35 bits per heavy atom. The number of carbonyl (C=O) groups is 2. The second-order valence-corrected chi connectivity index (χ2v) is 6.50. The summed E-state index contributed by atoms with van der Waals surface area (Å²) in [6, 6.07) is 4.12. The van der Waals surface area contributed by atoms with E-state index in [1.165, 1.54) is 4.90 Å². The monoisotopic (exact) mass is 358 g/mol. The summed E-state index contributed by atoms with van der Waals surface area (Å²) in [6.45, 7) is 5.52. The van der Waals surface area contributed by atoms with E-state index < -0.39 is 12.1 Å². The van der Waals surface area contributed by atoms with Crippen molar-refractivity contribution in [2.24, 2.45) is 5.92 Å². The van der Waals surface area contributed by atoms with Crippen molar-refractivity contribution in [2.45, 2.75) is 32.9 Å². The molecule has 1 aromatic carbocycles. The van der Waals surface area contributed by atoms with Crippen LogP contribution in [0.2, 0.25) is 5.02 Å². The van der Waals surface area contributed by atoms with Gasteiger partial charge in [0.05, 0.1) is 5.69 Å². The van der Waals surface area contributed by atoms with E-state index in [0.717, 1.165) is 4.47 Å². The molecule has 6 heteroatoms. The highest BCUT2D eigenvalue weighted by molar-refractivity contribution is 9.10. The molecule has 108 valence electrons. The smallest absolute Gasteiger partial charge is 0.250 e. The van der Waals surface area contributed by atoms with Crippen LogP contribution in [0.15, 0.2) is 22.7 Å². The molecule has 20 heavy (non-hydrogen) atoms. The number of amides is 2. The molecule has 2 unspecified atom stereocenters. The zero-order valence-electron chi connectivity index (χ0n) is 11.5. The summed E-state index contributed by atoms with van der Waals surface area (Å²) in [5, 5.41) is 3.29. The molecular formula is C14H16BrClN2O2. The lowest BCUT2D eigenvalue weighted by molar-refractivity contribution is -0.134. The van der Waals surface area contributed by atoms with Crippen molar-refractivity contribution >= 4 is 45.0 Å². The Morgan fingerprint density at radius 2 is 2.00 bits per heavy atom. The number of benzene rings is 1. The fourth-order valence-corrected chi connectivity index (χ4v) is 2.85. The van der Waals surface area contributed by atoms with Crippen LogP contribution < -0.4 is 10.2 Å². The van der Waals surface area contributed by atoms with Crippen LogP contribution in [-0.4, -0.2) is 23.9 Å². The van der Waals surface area contributed by atoms with Crippen LogP contribution in [0.4, 0.5) is 5.69 Å². The maximum atomic E-state index is 12.6. The molecule has 2 atom stereocenters. The van der Waals surface area contributed by atoms with E-state index in [1.54, 1.807) is 25.1 Å². The largest absolute Gasteiger partial charge is 0.342 e. The van der Waals surface area contributed by atoms with E-state index in [2.05, 4.69) is 21.2 Å². The van der Waals surface area contributed by atoms with Gasteiger partial charge in [0.1, 0.15) is 12.1 Å². The van der Waals surface area contributed by atoms with Gasteiger partial charge in [0, 0.05) is 9.50 Å². The average Bonchev–Trinajstić information content (AvgIpc) is 2.37. The first kappa shape index (κ1) is 15.3. The van der Waals surface area contributed by atoms with Crippen LogP contribution in [0.5, 0.6) is 0 Å². The molecule has 1 heterocycles. The molecule has 4 nitrogen and oxygen atoms in total. The first-order chi connectivity index (χ1) is 9.32. The normalized spacial score (nSPS) is 23.2. The summed E-state index contributed by atoms with van der Waals surface area (Å²) < 4.78 is 0.735. The van der Waals surface area contributed by atoms with Crippen molar-refractivity contribution in [3.8, 4) is 0 Å². The molecule has 1 fully saturated rings. The molecule has 0 aliphatic carbocycles. The highest BCUT2D eigenvalue weighted by Crippen LogP contribution is 2.33. The first-order valence-corrected chi connectivity index (χ1v) is 7.58. The van der Waals surface area contributed by atoms with E-state index in [0.29, 0.717) is 10.7 Å². The topological polar surface area (TPSA) is 49.4 Å². The van der Waals surface area contributed by atoms with Gasteiger partial charge in [0.2, 0.25) is 5.91 Å². The Morgan fingerprint density at radius 3 is 2.60 bits per heavy atom. The quantitative estimate of drug-likeness (QED) is 0.882. The zero-order valence-corrected chi connectivity index (χ0v) is 13.8. The summed E-state index contributed by atoms with van der Waals surface area (Å²) in [5.74, 6) is -0.246. The highest BCUT2D eigenvalue weighted by Gasteiger charge is 2.40. The van der Waals surface area contributed by atoms with Gasteiger partial charge >= 0.3 is 0 Å². The number of piperazine rings is 1. The molecule has 0 spiro atoms. The third-order valence-corrected chi connectivity index (χ3v) is 4.31. The number of nitrogens with one attached hydrogen (secondary N) is 1. The van der Waals surface area contributed by atoms with Crippen LogP contribution in [0, 0.1) is 5.92 Å². The number of carbonyl (C=O) groups excluding carboxylic acids is 2. The number of hydrogen-bond acceptors (Lipinski definition) is 2. The lowest BCUT2D eigenvalue weighted by Crippen LogP contribution is -2.64. The van der Waals surface area contributed by atoms with Gasteiger partial charge in [0.25, 0.3) is 5.91 Å². The Bertz CT molecular complexity index is 562. The van der Waals surface area contributed by atoms with Gasteiger partial charge in [0.15, 0.2) is 0 Å². The fraction of sp³-hybridized carbons (Fsp3) is 0.429. The zero-order chi connectivity index (χ0) is 15.0. The van der Waals surface area contributed by atoms with Crippen LogP contribution >= 0.6 is 27.5 Å². The molecule has 1 N–H and O–H groups in total. The summed E-state index contributed by atoms with van der Waals surface area (Å²) in [7, 11) is 0. The van der Waals surface area contributed by atoms with Crippen LogP contribution in [0.1, 0.15) is 20.8 Å². The van der Waals surface area contributed by atoms with E-state index in [-0.39, 0.29) is 17.7 Å². The van der Waals surface area contributed by atoms with Gasteiger partial charge in [-0.3, -0.25) is 14.5 Å².